The van der Waals surface area contributed by atoms with Crippen LogP contribution < -0.4 is 10.6 Å². The third kappa shape index (κ3) is 5.13. The van der Waals surface area contributed by atoms with E-state index in [1.54, 1.807) is 22.7 Å². The summed E-state index contributed by atoms with van der Waals surface area (Å²) in [6.07, 6.45) is 2.86. The molecule has 0 aromatic carbocycles. The van der Waals surface area contributed by atoms with Crippen LogP contribution in [0.4, 0.5) is 0 Å². The predicted octanol–water partition coefficient (Wildman–Crippen LogP) is 3.12. The summed E-state index contributed by atoms with van der Waals surface area (Å²) in [4.78, 5) is 11.6. The number of guanidine groups is 1. The fourth-order valence-corrected chi connectivity index (χ4v) is 3.48. The second kappa shape index (κ2) is 8.14. The Morgan fingerprint density at radius 1 is 1.33 bits per heavy atom. The maximum Gasteiger partial charge on any atom is 0.191 e. The molecule has 0 amide bonds. The van der Waals surface area contributed by atoms with Crippen molar-refractivity contribution in [1.29, 1.82) is 0 Å². The van der Waals surface area contributed by atoms with Gasteiger partial charge in [-0.2, -0.15) is 0 Å². The van der Waals surface area contributed by atoms with Crippen molar-refractivity contribution in [2.45, 2.75) is 33.7 Å². The molecular weight excluding hydrogens is 300 g/mol. The van der Waals surface area contributed by atoms with Crippen LogP contribution in [0, 0.1) is 13.8 Å². The van der Waals surface area contributed by atoms with Crippen molar-refractivity contribution >= 4 is 28.6 Å². The van der Waals surface area contributed by atoms with Crippen LogP contribution in [0.25, 0.3) is 0 Å². The van der Waals surface area contributed by atoms with Gasteiger partial charge in [0.05, 0.1) is 11.6 Å². The van der Waals surface area contributed by atoms with Crippen LogP contribution in [-0.4, -0.2) is 24.0 Å². The fourth-order valence-electron chi connectivity index (χ4n) is 1.86. The van der Waals surface area contributed by atoms with E-state index in [4.69, 9.17) is 0 Å². The lowest BCUT2D eigenvalue weighted by atomic mass is 10.3. The third-order valence-corrected chi connectivity index (χ3v) is 4.97. The number of aliphatic imine (C=N–C) groups is 1. The number of rotatable bonds is 6. The normalized spacial score (nSPS) is 11.7. The Kier molecular flexibility index (Phi) is 6.20. The molecule has 0 saturated heterocycles. The Labute approximate surface area is 134 Å². The first-order valence-corrected chi connectivity index (χ1v) is 8.85. The molecule has 0 unspecified atom stereocenters. The number of hydrogen-bond acceptors (Lipinski definition) is 4. The summed E-state index contributed by atoms with van der Waals surface area (Å²) in [5.74, 6) is 0.874. The zero-order chi connectivity index (χ0) is 15.1. The van der Waals surface area contributed by atoms with E-state index >= 15 is 0 Å². The molecule has 0 fully saturated rings. The minimum absolute atomic E-state index is 0.731. The highest BCUT2D eigenvalue weighted by molar-refractivity contribution is 7.11. The van der Waals surface area contributed by atoms with Gasteiger partial charge in [-0.15, -0.1) is 22.7 Å². The molecule has 114 valence electrons. The lowest BCUT2D eigenvalue weighted by Gasteiger charge is -2.10. The summed E-state index contributed by atoms with van der Waals surface area (Å²) in [7, 11) is 0. The molecule has 0 aliphatic heterocycles. The van der Waals surface area contributed by atoms with Gasteiger partial charge in [0.25, 0.3) is 0 Å². The molecule has 4 nitrogen and oxygen atoms in total. The number of thiophene rings is 1. The molecule has 21 heavy (non-hydrogen) atoms. The van der Waals surface area contributed by atoms with Crippen LogP contribution in [0.5, 0.6) is 0 Å². The van der Waals surface area contributed by atoms with Crippen LogP contribution >= 0.6 is 22.7 Å². The van der Waals surface area contributed by atoms with Crippen molar-refractivity contribution in [3.05, 3.63) is 38.0 Å². The summed E-state index contributed by atoms with van der Waals surface area (Å²) >= 11 is 3.52. The first-order chi connectivity index (χ1) is 10.2. The van der Waals surface area contributed by atoms with Crippen molar-refractivity contribution in [3.63, 3.8) is 0 Å². The van der Waals surface area contributed by atoms with E-state index < -0.39 is 0 Å². The lowest BCUT2D eigenvalue weighted by Crippen LogP contribution is -2.38. The van der Waals surface area contributed by atoms with Crippen LogP contribution in [0.2, 0.25) is 0 Å². The zero-order valence-electron chi connectivity index (χ0n) is 12.8. The lowest BCUT2D eigenvalue weighted by molar-refractivity contribution is 0.797. The SMILES string of the molecule is CCNC(=NCc1sccc1C)NCCc1ncc(C)s1. The smallest absolute Gasteiger partial charge is 0.191 e. The van der Waals surface area contributed by atoms with E-state index in [0.717, 1.165) is 32.0 Å². The Morgan fingerprint density at radius 2 is 2.19 bits per heavy atom. The molecule has 2 aromatic rings. The molecule has 0 bridgehead atoms. The van der Waals surface area contributed by atoms with E-state index in [1.165, 1.54) is 20.3 Å². The second-order valence-corrected chi connectivity index (χ2v) is 7.08. The summed E-state index contributed by atoms with van der Waals surface area (Å²) < 4.78 is 0. The number of aromatic nitrogens is 1. The third-order valence-electron chi connectivity index (χ3n) is 2.99. The first-order valence-electron chi connectivity index (χ1n) is 7.15. The van der Waals surface area contributed by atoms with Gasteiger partial charge < -0.3 is 10.6 Å². The molecular formula is C15H22N4S2. The Morgan fingerprint density at radius 3 is 2.81 bits per heavy atom. The average molecular weight is 323 g/mol. The fraction of sp³-hybridized carbons (Fsp3) is 0.467. The van der Waals surface area contributed by atoms with E-state index in [0.29, 0.717) is 0 Å². The number of thiazole rings is 1. The number of nitrogens with zero attached hydrogens (tertiary/aromatic N) is 2. The highest BCUT2D eigenvalue weighted by atomic mass is 32.1. The maximum atomic E-state index is 4.64. The van der Waals surface area contributed by atoms with Gasteiger partial charge in [0.15, 0.2) is 5.96 Å². The first kappa shape index (κ1) is 16.0. The zero-order valence-corrected chi connectivity index (χ0v) is 14.4. The van der Waals surface area contributed by atoms with Gasteiger partial charge in [-0.05, 0) is 37.8 Å². The van der Waals surface area contributed by atoms with Crippen LogP contribution in [-0.2, 0) is 13.0 Å². The molecule has 0 aliphatic carbocycles. The minimum atomic E-state index is 0.731. The van der Waals surface area contributed by atoms with Crippen LogP contribution in [0.3, 0.4) is 0 Å². The number of hydrogen-bond donors (Lipinski definition) is 2. The van der Waals surface area contributed by atoms with Gasteiger partial charge in [-0.3, -0.25) is 0 Å². The largest absolute Gasteiger partial charge is 0.357 e. The van der Waals surface area contributed by atoms with Gasteiger partial charge in [-0.25, -0.2) is 9.98 Å². The van der Waals surface area contributed by atoms with Gasteiger partial charge in [0.1, 0.15) is 0 Å². The van der Waals surface area contributed by atoms with Gasteiger partial charge >= 0.3 is 0 Å². The van der Waals surface area contributed by atoms with Gasteiger partial charge in [0, 0.05) is 35.5 Å². The van der Waals surface area contributed by atoms with Gasteiger partial charge in [-0.1, -0.05) is 0 Å². The van der Waals surface area contributed by atoms with Crippen molar-refractivity contribution in [2.24, 2.45) is 4.99 Å². The molecule has 2 rings (SSSR count). The highest BCUT2D eigenvalue weighted by Gasteiger charge is 2.02. The average Bonchev–Trinajstić information content (AvgIpc) is 3.05. The summed E-state index contributed by atoms with van der Waals surface area (Å²) in [6.45, 7) is 8.75. The summed E-state index contributed by atoms with van der Waals surface area (Å²) in [5.41, 5.74) is 1.32. The summed E-state index contributed by atoms with van der Waals surface area (Å²) in [5, 5.41) is 9.94. The standard InChI is InChI=1S/C15H22N4S2/c1-4-16-15(19-10-13-11(2)6-8-20-13)17-7-5-14-18-9-12(3)21-14/h6,8-9H,4-5,7,10H2,1-3H3,(H2,16,17,19). The topological polar surface area (TPSA) is 49.3 Å². The molecule has 0 atom stereocenters. The van der Waals surface area contributed by atoms with Crippen molar-refractivity contribution in [2.75, 3.05) is 13.1 Å². The van der Waals surface area contributed by atoms with Crippen molar-refractivity contribution in [1.82, 2.24) is 15.6 Å². The monoisotopic (exact) mass is 322 g/mol. The van der Waals surface area contributed by atoms with Crippen LogP contribution in [0.15, 0.2) is 22.6 Å². The molecule has 0 aliphatic rings. The molecule has 0 saturated carbocycles. The van der Waals surface area contributed by atoms with E-state index in [-0.39, 0.29) is 0 Å². The quantitative estimate of drug-likeness (QED) is 0.634. The molecule has 0 spiro atoms. The summed E-state index contributed by atoms with van der Waals surface area (Å²) in [6, 6.07) is 2.14. The Hall–Kier alpha value is -1.40. The minimum Gasteiger partial charge on any atom is -0.357 e. The molecule has 2 aromatic heterocycles. The van der Waals surface area contributed by atoms with Gasteiger partial charge in [0.2, 0.25) is 0 Å². The van der Waals surface area contributed by atoms with E-state index in [9.17, 15) is 0 Å². The Bertz CT molecular complexity index is 586. The molecule has 0 radical (unpaired) electrons. The predicted molar refractivity (Wildman–Crippen MR) is 92.4 cm³/mol. The van der Waals surface area contributed by atoms with Crippen molar-refractivity contribution < 1.29 is 0 Å². The molecule has 2 heterocycles. The maximum absolute atomic E-state index is 4.64. The number of aryl methyl sites for hydroxylation is 2. The van der Waals surface area contributed by atoms with E-state index in [1.807, 2.05) is 6.20 Å². The van der Waals surface area contributed by atoms with Crippen LogP contribution in [0.1, 0.15) is 27.2 Å². The van der Waals surface area contributed by atoms with E-state index in [2.05, 4.69) is 52.8 Å². The molecule has 2 N–H and O–H groups in total. The number of nitrogens with one attached hydrogen (secondary N) is 2. The van der Waals surface area contributed by atoms with Crippen molar-refractivity contribution in [3.8, 4) is 0 Å². The highest BCUT2D eigenvalue weighted by Crippen LogP contribution is 2.16. The second-order valence-electron chi connectivity index (χ2n) is 4.76. The molecule has 6 heteroatoms. The Balaban J connectivity index is 1.85.